The van der Waals surface area contributed by atoms with Gasteiger partial charge in [0.2, 0.25) is 5.92 Å². The van der Waals surface area contributed by atoms with Crippen LogP contribution >= 0.6 is 0 Å². The van der Waals surface area contributed by atoms with Crippen LogP contribution in [0.5, 0.6) is 0 Å². The summed E-state index contributed by atoms with van der Waals surface area (Å²) in [6, 6.07) is 8.93. The van der Waals surface area contributed by atoms with E-state index in [0.717, 1.165) is 24.4 Å². The van der Waals surface area contributed by atoms with Crippen LogP contribution in [-0.4, -0.2) is 56.2 Å². The molecular weight excluding hydrogens is 404 g/mol. The number of hydrogen-bond donors (Lipinski definition) is 3. The van der Waals surface area contributed by atoms with Crippen LogP contribution in [-0.2, 0) is 0 Å². The number of anilines is 2. The van der Waals surface area contributed by atoms with E-state index >= 15 is 0 Å². The molecule has 0 radical (unpaired) electrons. The number of aromatic nitrogens is 4. The highest BCUT2D eigenvalue weighted by Crippen LogP contribution is 2.32. The SMILES string of the molecule is CC(F)(F)C1CCN(C(=O)c2cnc(Nc3ccc(-c4ncn[nH]4)cc3)c(C=N)c2)C1. The Balaban J connectivity index is 1.48. The number of nitrogens with zero attached hydrogens (tertiary/aromatic N) is 4. The zero-order valence-electron chi connectivity index (χ0n) is 16.8. The summed E-state index contributed by atoms with van der Waals surface area (Å²) in [6.45, 7) is 1.18. The van der Waals surface area contributed by atoms with Crippen molar-refractivity contribution in [3.05, 3.63) is 54.0 Å². The first kappa shape index (κ1) is 20.6. The van der Waals surface area contributed by atoms with Crippen LogP contribution in [0.2, 0.25) is 0 Å². The van der Waals surface area contributed by atoms with Gasteiger partial charge in [0.25, 0.3) is 5.91 Å². The van der Waals surface area contributed by atoms with E-state index < -0.39 is 11.8 Å². The number of H-pyrrole nitrogens is 1. The number of amides is 1. The molecule has 1 amide bonds. The fourth-order valence-corrected chi connectivity index (χ4v) is 3.55. The van der Waals surface area contributed by atoms with Gasteiger partial charge in [0.15, 0.2) is 5.82 Å². The van der Waals surface area contributed by atoms with Crippen molar-refractivity contribution >= 4 is 23.6 Å². The minimum Gasteiger partial charge on any atom is -0.340 e. The van der Waals surface area contributed by atoms with Crippen LogP contribution in [0.4, 0.5) is 20.3 Å². The van der Waals surface area contributed by atoms with E-state index in [1.54, 1.807) is 6.07 Å². The zero-order valence-corrected chi connectivity index (χ0v) is 16.8. The standard InChI is InChI=1S/C21H21F2N7O/c1-21(22,23)16-6-7-30(11-16)20(31)15-8-14(9-24)18(25-10-15)28-17-4-2-13(3-5-17)19-26-12-27-29-19/h2-5,8-10,12,16,24H,6-7,11H2,1H3,(H,25,28)(H,26,27,29). The van der Waals surface area contributed by atoms with E-state index in [1.165, 1.54) is 17.4 Å². The van der Waals surface area contributed by atoms with Crippen molar-refractivity contribution in [3.63, 3.8) is 0 Å². The predicted octanol–water partition coefficient (Wildman–Crippen LogP) is 3.73. The van der Waals surface area contributed by atoms with Crippen molar-refractivity contribution in [2.45, 2.75) is 19.3 Å². The molecule has 0 spiro atoms. The lowest BCUT2D eigenvalue weighted by Gasteiger charge is -2.20. The van der Waals surface area contributed by atoms with E-state index in [9.17, 15) is 13.6 Å². The summed E-state index contributed by atoms with van der Waals surface area (Å²) in [5.74, 6) is -2.95. The number of pyridine rings is 1. The number of benzene rings is 1. The quantitative estimate of drug-likeness (QED) is 0.521. The average Bonchev–Trinajstić information content (AvgIpc) is 3.46. The lowest BCUT2D eigenvalue weighted by atomic mass is 10.0. The van der Waals surface area contributed by atoms with E-state index in [1.807, 2.05) is 24.3 Å². The number of likely N-dealkylation sites (tertiary alicyclic amines) is 1. The molecule has 3 N–H and O–H groups in total. The first-order valence-corrected chi connectivity index (χ1v) is 9.75. The summed E-state index contributed by atoms with van der Waals surface area (Å²) < 4.78 is 27.1. The average molecular weight is 425 g/mol. The normalized spacial score (nSPS) is 16.4. The van der Waals surface area contributed by atoms with Crippen molar-refractivity contribution in [2.24, 2.45) is 5.92 Å². The van der Waals surface area contributed by atoms with Gasteiger partial charge >= 0.3 is 0 Å². The Hall–Kier alpha value is -3.69. The van der Waals surface area contributed by atoms with Crippen molar-refractivity contribution in [1.29, 1.82) is 5.41 Å². The lowest BCUT2D eigenvalue weighted by molar-refractivity contribution is -0.0343. The molecule has 1 atom stereocenters. The van der Waals surface area contributed by atoms with Crippen LogP contribution < -0.4 is 5.32 Å². The molecule has 3 heterocycles. The third-order valence-electron chi connectivity index (χ3n) is 5.35. The summed E-state index contributed by atoms with van der Waals surface area (Å²) in [5, 5.41) is 17.4. The van der Waals surface area contributed by atoms with Gasteiger partial charge in [0.1, 0.15) is 12.1 Å². The molecule has 1 fully saturated rings. The maximum atomic E-state index is 13.6. The van der Waals surface area contributed by atoms with Crippen LogP contribution in [0.15, 0.2) is 42.9 Å². The summed E-state index contributed by atoms with van der Waals surface area (Å²) in [4.78, 5) is 22.5. The Kier molecular flexibility index (Phi) is 5.45. The molecule has 1 saturated heterocycles. The van der Waals surface area contributed by atoms with E-state index in [2.05, 4.69) is 25.5 Å². The van der Waals surface area contributed by atoms with E-state index in [-0.39, 0.29) is 31.0 Å². The highest BCUT2D eigenvalue weighted by molar-refractivity contribution is 5.97. The van der Waals surface area contributed by atoms with Crippen LogP contribution in [0.3, 0.4) is 0 Å². The summed E-state index contributed by atoms with van der Waals surface area (Å²) in [5.41, 5.74) is 2.29. The van der Waals surface area contributed by atoms with Gasteiger partial charge in [-0.1, -0.05) is 0 Å². The fourth-order valence-electron chi connectivity index (χ4n) is 3.55. The van der Waals surface area contributed by atoms with E-state index in [4.69, 9.17) is 5.41 Å². The van der Waals surface area contributed by atoms with Gasteiger partial charge in [-0.05, 0) is 43.7 Å². The van der Waals surface area contributed by atoms with Gasteiger partial charge in [-0.2, -0.15) is 5.10 Å². The molecule has 0 aliphatic carbocycles. The molecule has 10 heteroatoms. The molecule has 3 aromatic rings. The van der Waals surface area contributed by atoms with Crippen LogP contribution in [0.1, 0.15) is 29.3 Å². The topological polar surface area (TPSA) is 111 Å². The summed E-state index contributed by atoms with van der Waals surface area (Å²) in [7, 11) is 0. The molecule has 1 unspecified atom stereocenters. The summed E-state index contributed by atoms with van der Waals surface area (Å²) >= 11 is 0. The minimum atomic E-state index is -2.82. The molecule has 1 aromatic carbocycles. The molecule has 0 bridgehead atoms. The zero-order chi connectivity index (χ0) is 22.0. The van der Waals surface area contributed by atoms with Gasteiger partial charge in [0, 0.05) is 48.2 Å². The molecular formula is C21H21F2N7O. The Labute approximate surface area is 177 Å². The monoisotopic (exact) mass is 425 g/mol. The molecule has 1 aliphatic heterocycles. The van der Waals surface area contributed by atoms with E-state index in [0.29, 0.717) is 17.2 Å². The number of nitrogens with one attached hydrogen (secondary N) is 3. The molecule has 160 valence electrons. The second-order valence-electron chi connectivity index (χ2n) is 7.54. The van der Waals surface area contributed by atoms with Crippen LogP contribution in [0, 0.1) is 11.3 Å². The Bertz CT molecular complexity index is 1080. The van der Waals surface area contributed by atoms with Crippen LogP contribution in [0.25, 0.3) is 11.4 Å². The Morgan fingerprint density at radius 2 is 2.10 bits per heavy atom. The predicted molar refractivity (Wildman–Crippen MR) is 112 cm³/mol. The molecule has 0 saturated carbocycles. The first-order chi connectivity index (χ1) is 14.8. The van der Waals surface area contributed by atoms with Crippen molar-refractivity contribution in [2.75, 3.05) is 18.4 Å². The van der Waals surface area contributed by atoms with Gasteiger partial charge < -0.3 is 15.6 Å². The number of rotatable bonds is 6. The summed E-state index contributed by atoms with van der Waals surface area (Å²) in [6.07, 6.45) is 4.20. The molecule has 1 aliphatic rings. The largest absolute Gasteiger partial charge is 0.340 e. The molecule has 8 nitrogen and oxygen atoms in total. The first-order valence-electron chi connectivity index (χ1n) is 9.75. The van der Waals surface area contributed by atoms with Crippen molar-refractivity contribution < 1.29 is 13.6 Å². The highest BCUT2D eigenvalue weighted by Gasteiger charge is 2.40. The second-order valence-corrected chi connectivity index (χ2v) is 7.54. The third-order valence-corrected chi connectivity index (χ3v) is 5.35. The Morgan fingerprint density at radius 1 is 1.32 bits per heavy atom. The fraction of sp³-hybridized carbons (Fsp3) is 0.286. The smallest absolute Gasteiger partial charge is 0.255 e. The minimum absolute atomic E-state index is 0.0137. The molecule has 4 rings (SSSR count). The number of carbonyl (C=O) groups is 1. The van der Waals surface area contributed by atoms with Crippen molar-refractivity contribution in [1.82, 2.24) is 25.1 Å². The Morgan fingerprint density at radius 3 is 2.71 bits per heavy atom. The molecule has 2 aromatic heterocycles. The number of carbonyl (C=O) groups excluding carboxylic acids is 1. The maximum Gasteiger partial charge on any atom is 0.255 e. The van der Waals surface area contributed by atoms with Gasteiger partial charge in [-0.15, -0.1) is 0 Å². The van der Waals surface area contributed by atoms with Gasteiger partial charge in [0.05, 0.1) is 5.56 Å². The van der Waals surface area contributed by atoms with Gasteiger partial charge in [-0.3, -0.25) is 9.89 Å². The maximum absolute atomic E-state index is 13.6. The third kappa shape index (κ3) is 4.42. The second kappa shape index (κ2) is 8.21. The number of halogens is 2. The number of alkyl halides is 2. The number of hydrogen-bond acceptors (Lipinski definition) is 6. The highest BCUT2D eigenvalue weighted by atomic mass is 19.3. The van der Waals surface area contributed by atoms with Crippen molar-refractivity contribution in [3.8, 4) is 11.4 Å². The lowest BCUT2D eigenvalue weighted by Crippen LogP contribution is -2.32. The molecule has 31 heavy (non-hydrogen) atoms. The number of aromatic amines is 1. The van der Waals surface area contributed by atoms with Gasteiger partial charge in [-0.25, -0.2) is 18.7 Å².